The van der Waals surface area contributed by atoms with Crippen LogP contribution in [-0.4, -0.2) is 43.1 Å². The van der Waals surface area contributed by atoms with E-state index in [4.69, 9.17) is 4.74 Å². The standard InChI is InChI=1S/C14H18N2O3/c1-19-9-5-8-16-13(17)12(15-14(16)18)10-11-6-3-2-4-7-11/h2-4,6-7,12H,5,8-10H2,1H3,(H,15,18)/t12-/m1/s1. The molecule has 1 aliphatic rings. The number of nitrogens with one attached hydrogen (secondary N) is 1. The van der Waals surface area contributed by atoms with Crippen LogP contribution >= 0.6 is 0 Å². The third-order valence-electron chi connectivity index (χ3n) is 3.12. The third kappa shape index (κ3) is 3.32. The molecule has 2 rings (SSSR count). The smallest absolute Gasteiger partial charge is 0.324 e. The minimum Gasteiger partial charge on any atom is -0.385 e. The zero-order valence-electron chi connectivity index (χ0n) is 11.0. The van der Waals surface area contributed by atoms with Crippen molar-refractivity contribution in [3.63, 3.8) is 0 Å². The van der Waals surface area contributed by atoms with Crippen LogP contribution in [0.2, 0.25) is 0 Å². The molecule has 0 spiro atoms. The van der Waals surface area contributed by atoms with Gasteiger partial charge in [0.05, 0.1) is 0 Å². The van der Waals surface area contributed by atoms with Crippen molar-refractivity contribution < 1.29 is 14.3 Å². The predicted octanol–water partition coefficient (Wildman–Crippen LogP) is 1.19. The monoisotopic (exact) mass is 262 g/mol. The van der Waals surface area contributed by atoms with Crippen LogP contribution in [0.4, 0.5) is 4.79 Å². The Labute approximate surface area is 112 Å². The first-order valence-electron chi connectivity index (χ1n) is 6.37. The molecule has 1 saturated heterocycles. The summed E-state index contributed by atoms with van der Waals surface area (Å²) in [5.41, 5.74) is 1.04. The van der Waals surface area contributed by atoms with Gasteiger partial charge in [-0.2, -0.15) is 0 Å². The van der Waals surface area contributed by atoms with E-state index < -0.39 is 6.04 Å². The van der Waals surface area contributed by atoms with Crippen molar-refractivity contribution in [1.82, 2.24) is 10.2 Å². The van der Waals surface area contributed by atoms with E-state index in [0.717, 1.165) is 5.56 Å². The number of carbonyl (C=O) groups is 2. The van der Waals surface area contributed by atoms with E-state index in [2.05, 4.69) is 5.32 Å². The van der Waals surface area contributed by atoms with E-state index in [0.29, 0.717) is 26.0 Å². The van der Waals surface area contributed by atoms with Crippen molar-refractivity contribution in [3.8, 4) is 0 Å². The van der Waals surface area contributed by atoms with Gasteiger partial charge in [0.15, 0.2) is 0 Å². The van der Waals surface area contributed by atoms with Crippen LogP contribution in [0.5, 0.6) is 0 Å². The maximum Gasteiger partial charge on any atom is 0.324 e. The number of hydrogen-bond acceptors (Lipinski definition) is 3. The lowest BCUT2D eigenvalue weighted by Gasteiger charge is -2.12. The number of carbonyl (C=O) groups excluding carboxylic acids is 2. The zero-order valence-corrected chi connectivity index (χ0v) is 11.0. The Kier molecular flexibility index (Phi) is 4.52. The number of ether oxygens (including phenoxy) is 1. The molecule has 102 valence electrons. The second-order valence-corrected chi connectivity index (χ2v) is 4.53. The fraction of sp³-hybridized carbons (Fsp3) is 0.429. The lowest BCUT2D eigenvalue weighted by molar-refractivity contribution is -0.127. The highest BCUT2D eigenvalue weighted by Crippen LogP contribution is 2.12. The Morgan fingerprint density at radius 1 is 1.26 bits per heavy atom. The SMILES string of the molecule is COCCCN1C(=O)N[C@H](Cc2ccccc2)C1=O. The summed E-state index contributed by atoms with van der Waals surface area (Å²) in [6, 6.07) is 8.93. The van der Waals surface area contributed by atoms with Crippen LogP contribution in [0, 0.1) is 0 Å². The summed E-state index contributed by atoms with van der Waals surface area (Å²) >= 11 is 0. The average molecular weight is 262 g/mol. The van der Waals surface area contributed by atoms with Gasteiger partial charge >= 0.3 is 6.03 Å². The summed E-state index contributed by atoms with van der Waals surface area (Å²) < 4.78 is 4.92. The van der Waals surface area contributed by atoms with Crippen LogP contribution in [-0.2, 0) is 16.0 Å². The van der Waals surface area contributed by atoms with Crippen molar-refractivity contribution in [2.45, 2.75) is 18.9 Å². The lowest BCUT2D eigenvalue weighted by atomic mass is 10.1. The number of urea groups is 1. The van der Waals surface area contributed by atoms with Gasteiger partial charge in [0.1, 0.15) is 6.04 Å². The molecule has 0 unspecified atom stereocenters. The first kappa shape index (κ1) is 13.5. The quantitative estimate of drug-likeness (QED) is 0.619. The number of benzene rings is 1. The van der Waals surface area contributed by atoms with E-state index in [1.54, 1.807) is 7.11 Å². The highest BCUT2D eigenvalue weighted by atomic mass is 16.5. The number of hydrogen-bond donors (Lipinski definition) is 1. The molecule has 1 atom stereocenters. The molecular formula is C14H18N2O3. The largest absolute Gasteiger partial charge is 0.385 e. The van der Waals surface area contributed by atoms with Crippen LogP contribution in [0.15, 0.2) is 30.3 Å². The molecule has 1 N–H and O–H groups in total. The van der Waals surface area contributed by atoms with Crippen LogP contribution in [0.1, 0.15) is 12.0 Å². The first-order valence-corrected chi connectivity index (χ1v) is 6.37. The Morgan fingerprint density at radius 3 is 2.68 bits per heavy atom. The van der Waals surface area contributed by atoms with Gasteiger partial charge in [0.2, 0.25) is 0 Å². The highest BCUT2D eigenvalue weighted by molar-refractivity contribution is 6.04. The molecule has 1 heterocycles. The Balaban J connectivity index is 1.94. The minimum absolute atomic E-state index is 0.148. The average Bonchev–Trinajstić information content (AvgIpc) is 2.68. The summed E-state index contributed by atoms with van der Waals surface area (Å²) in [5, 5.41) is 2.73. The highest BCUT2D eigenvalue weighted by Gasteiger charge is 2.37. The van der Waals surface area contributed by atoms with Gasteiger partial charge in [0, 0.05) is 26.7 Å². The van der Waals surface area contributed by atoms with Crippen molar-refractivity contribution in [1.29, 1.82) is 0 Å². The Morgan fingerprint density at radius 2 is 2.00 bits per heavy atom. The summed E-state index contributed by atoms with van der Waals surface area (Å²) in [6.07, 6.45) is 1.19. The summed E-state index contributed by atoms with van der Waals surface area (Å²) in [5.74, 6) is -0.148. The number of imide groups is 1. The van der Waals surface area contributed by atoms with Gasteiger partial charge in [-0.15, -0.1) is 0 Å². The van der Waals surface area contributed by atoms with Gasteiger partial charge in [0.25, 0.3) is 5.91 Å². The Hall–Kier alpha value is -1.88. The molecule has 0 radical (unpaired) electrons. The van der Waals surface area contributed by atoms with Crippen molar-refractivity contribution in [3.05, 3.63) is 35.9 Å². The van der Waals surface area contributed by atoms with Gasteiger partial charge < -0.3 is 10.1 Å². The van der Waals surface area contributed by atoms with Crippen LogP contribution in [0.3, 0.4) is 0 Å². The molecule has 1 aromatic carbocycles. The molecule has 0 bridgehead atoms. The maximum absolute atomic E-state index is 12.1. The van der Waals surface area contributed by atoms with Gasteiger partial charge in [-0.05, 0) is 12.0 Å². The lowest BCUT2D eigenvalue weighted by Crippen LogP contribution is -2.33. The number of rotatable bonds is 6. The number of methoxy groups -OCH3 is 1. The Bertz CT molecular complexity index is 447. The van der Waals surface area contributed by atoms with Crippen LogP contribution < -0.4 is 5.32 Å². The predicted molar refractivity (Wildman–Crippen MR) is 70.7 cm³/mol. The molecule has 0 saturated carbocycles. The number of amides is 3. The second kappa shape index (κ2) is 6.33. The maximum atomic E-state index is 12.1. The summed E-state index contributed by atoms with van der Waals surface area (Å²) in [7, 11) is 1.60. The van der Waals surface area contributed by atoms with E-state index in [1.807, 2.05) is 30.3 Å². The molecule has 1 aliphatic heterocycles. The second-order valence-electron chi connectivity index (χ2n) is 4.53. The van der Waals surface area contributed by atoms with E-state index in [1.165, 1.54) is 4.90 Å². The van der Waals surface area contributed by atoms with Gasteiger partial charge in [-0.3, -0.25) is 9.69 Å². The minimum atomic E-state index is -0.447. The molecule has 3 amide bonds. The summed E-state index contributed by atoms with van der Waals surface area (Å²) in [6.45, 7) is 0.949. The molecule has 19 heavy (non-hydrogen) atoms. The molecule has 0 aliphatic carbocycles. The van der Waals surface area contributed by atoms with E-state index in [9.17, 15) is 9.59 Å². The molecule has 1 fully saturated rings. The zero-order chi connectivity index (χ0) is 13.7. The van der Waals surface area contributed by atoms with Crippen molar-refractivity contribution in [2.24, 2.45) is 0 Å². The van der Waals surface area contributed by atoms with Gasteiger partial charge in [-0.25, -0.2) is 4.79 Å². The fourth-order valence-electron chi connectivity index (χ4n) is 2.14. The molecule has 1 aromatic rings. The molecule has 5 heteroatoms. The normalized spacial score (nSPS) is 18.8. The first-order chi connectivity index (χ1) is 9.22. The topological polar surface area (TPSA) is 58.6 Å². The summed E-state index contributed by atoms with van der Waals surface area (Å²) in [4.78, 5) is 25.1. The van der Waals surface area contributed by atoms with E-state index in [-0.39, 0.29) is 11.9 Å². The number of nitrogens with zero attached hydrogens (tertiary/aromatic N) is 1. The fourth-order valence-corrected chi connectivity index (χ4v) is 2.14. The molecule has 0 aromatic heterocycles. The van der Waals surface area contributed by atoms with Crippen molar-refractivity contribution >= 4 is 11.9 Å². The molecular weight excluding hydrogens is 244 g/mol. The van der Waals surface area contributed by atoms with Crippen LogP contribution in [0.25, 0.3) is 0 Å². The molecule has 5 nitrogen and oxygen atoms in total. The van der Waals surface area contributed by atoms with Gasteiger partial charge in [-0.1, -0.05) is 30.3 Å². The van der Waals surface area contributed by atoms with Crippen molar-refractivity contribution in [2.75, 3.05) is 20.3 Å². The third-order valence-corrected chi connectivity index (χ3v) is 3.12. The van der Waals surface area contributed by atoms with E-state index >= 15 is 0 Å².